The van der Waals surface area contributed by atoms with Gasteiger partial charge in [0.1, 0.15) is 0 Å². The van der Waals surface area contributed by atoms with Crippen LogP contribution in [0.25, 0.3) is 199 Å². The van der Waals surface area contributed by atoms with Crippen molar-refractivity contribution in [3.05, 3.63) is 423 Å². The molecule has 22 aromatic rings. The summed E-state index contributed by atoms with van der Waals surface area (Å²) in [4.78, 5) is 9.21. The Morgan fingerprint density at radius 3 is 0.924 bits per heavy atom. The standard InChI is InChI=1S/2C56H39N3/c1-56(2)49-19-9-6-16-43(49)46-35-41(25-26-50(46)56)58-52-21-10-7-17-44(52)47-33-37(23-27-54(47)58)38-24-28-55-48(34-38)45-18-8-11-22-53(45)59(55)42-31-39(36-14-4-3-5-15-36)30-40(32-42)51-20-12-13-29-57-51;1-56(2)50-19-9-6-16-44(50)47-34-42(24-25-51(47)56)58-52-20-10-7-17-45(52)48-32-37(22-26-54(48)58)38-23-27-55-49(33-38)46-18-8-11-21-53(46)59(55)43-30-40(36-13-4-3-5-14-36)29-41(31-43)39-15-12-28-57-35-39/h2*3-35H,1-2H3. The van der Waals surface area contributed by atoms with Crippen LogP contribution in [-0.4, -0.2) is 28.2 Å². The van der Waals surface area contributed by atoms with Gasteiger partial charge in [0.15, 0.2) is 0 Å². The van der Waals surface area contributed by atoms with Gasteiger partial charge in [-0.05, 0) is 246 Å². The first-order valence-electron chi connectivity index (χ1n) is 40.9. The van der Waals surface area contributed by atoms with Gasteiger partial charge in [0, 0.05) is 106 Å². The number of hydrogen-bond donors (Lipinski definition) is 0. The Balaban J connectivity index is 0.000000138. The molecular weight excluding hydrogens is 1430 g/mol. The summed E-state index contributed by atoms with van der Waals surface area (Å²) in [5.41, 5.74) is 38.8. The highest BCUT2D eigenvalue weighted by Crippen LogP contribution is 2.53. The number of nitrogens with zero attached hydrogens (tertiary/aromatic N) is 6. The van der Waals surface area contributed by atoms with Crippen LogP contribution in [0.5, 0.6) is 0 Å². The maximum atomic E-state index is 4.75. The Bertz CT molecular complexity index is 7270. The second-order valence-electron chi connectivity index (χ2n) is 32.9. The summed E-state index contributed by atoms with van der Waals surface area (Å²) in [7, 11) is 0. The fourth-order valence-corrected chi connectivity index (χ4v) is 19.9. The Morgan fingerprint density at radius 1 is 0.195 bits per heavy atom. The van der Waals surface area contributed by atoms with Crippen LogP contribution >= 0.6 is 0 Å². The van der Waals surface area contributed by atoms with Crippen molar-refractivity contribution in [1.29, 1.82) is 0 Å². The average Bonchev–Trinajstić information content (AvgIpc) is 1.57. The van der Waals surface area contributed by atoms with E-state index < -0.39 is 0 Å². The van der Waals surface area contributed by atoms with Gasteiger partial charge in [-0.25, -0.2) is 0 Å². The lowest BCUT2D eigenvalue weighted by Crippen LogP contribution is -2.14. The number of pyridine rings is 2. The van der Waals surface area contributed by atoms with Crippen molar-refractivity contribution in [2.45, 2.75) is 38.5 Å². The van der Waals surface area contributed by atoms with E-state index in [-0.39, 0.29) is 10.8 Å². The van der Waals surface area contributed by atoms with E-state index in [0.717, 1.165) is 39.3 Å². The van der Waals surface area contributed by atoms with Crippen LogP contribution in [0.15, 0.2) is 401 Å². The zero-order chi connectivity index (χ0) is 78.5. The third-order valence-electron chi connectivity index (χ3n) is 25.5. The fraction of sp³-hybridized carbons (Fsp3) is 0.0536. The first-order valence-corrected chi connectivity index (χ1v) is 40.9. The summed E-state index contributed by atoms with van der Waals surface area (Å²) in [5.74, 6) is 0. The maximum Gasteiger partial charge on any atom is 0.0702 e. The van der Waals surface area contributed by atoms with E-state index in [1.54, 1.807) is 0 Å². The molecule has 0 bridgehead atoms. The van der Waals surface area contributed by atoms with E-state index in [1.165, 1.54) is 182 Å². The summed E-state index contributed by atoms with van der Waals surface area (Å²) in [6, 6.07) is 140. The SMILES string of the molecule is CC1(C)c2ccccc2-c2cc(-n3c4ccccc4c4cc(-c5ccc6c(c5)c5ccccc5n6-c5cc(-c6ccccc6)cc(-c6ccccn6)c5)ccc43)ccc21.CC1(C)c2ccccc2-c2cc(-n3c4ccccc4c4cc(-c5ccc6c(c5)c5ccccc5n6-c5cc(-c6ccccc6)cc(-c6cccnc6)c5)ccc43)ccc21. The van der Waals surface area contributed by atoms with E-state index in [4.69, 9.17) is 4.98 Å². The molecule has 2 aliphatic carbocycles. The van der Waals surface area contributed by atoms with Crippen molar-refractivity contribution in [1.82, 2.24) is 28.2 Å². The summed E-state index contributed by atoms with van der Waals surface area (Å²) in [6.07, 6.45) is 5.65. The fourth-order valence-electron chi connectivity index (χ4n) is 19.9. The van der Waals surface area contributed by atoms with Crippen molar-refractivity contribution in [2.75, 3.05) is 0 Å². The summed E-state index contributed by atoms with van der Waals surface area (Å²) >= 11 is 0. The molecule has 6 nitrogen and oxygen atoms in total. The van der Waals surface area contributed by atoms with Gasteiger partial charge in [-0.2, -0.15) is 0 Å². The molecule has 0 radical (unpaired) electrons. The van der Waals surface area contributed by atoms with Gasteiger partial charge < -0.3 is 18.3 Å². The highest BCUT2D eigenvalue weighted by atomic mass is 15.0. The molecule has 6 heteroatoms. The lowest BCUT2D eigenvalue weighted by molar-refractivity contribution is 0.660. The van der Waals surface area contributed by atoms with Gasteiger partial charge >= 0.3 is 0 Å². The molecule has 6 heterocycles. The molecule has 0 saturated heterocycles. The van der Waals surface area contributed by atoms with Crippen LogP contribution in [0.3, 0.4) is 0 Å². The number of fused-ring (bicyclic) bond motifs is 18. The largest absolute Gasteiger partial charge is 0.309 e. The van der Waals surface area contributed by atoms with Crippen molar-refractivity contribution in [3.63, 3.8) is 0 Å². The van der Waals surface area contributed by atoms with Gasteiger partial charge in [0.25, 0.3) is 0 Å². The number of rotatable bonds is 10. The van der Waals surface area contributed by atoms with Crippen LogP contribution in [0.1, 0.15) is 49.9 Å². The average molecular weight is 1510 g/mol. The topological polar surface area (TPSA) is 45.5 Å². The third-order valence-corrected chi connectivity index (χ3v) is 25.5. The molecule has 0 spiro atoms. The minimum Gasteiger partial charge on any atom is -0.309 e. The van der Waals surface area contributed by atoms with Crippen LogP contribution in [0.4, 0.5) is 0 Å². The number of para-hydroxylation sites is 4. The number of aromatic nitrogens is 6. The molecular formula is C112H78N6. The number of hydrogen-bond acceptors (Lipinski definition) is 2. The molecule has 2 aliphatic rings. The van der Waals surface area contributed by atoms with E-state index >= 15 is 0 Å². The van der Waals surface area contributed by atoms with Crippen LogP contribution in [0.2, 0.25) is 0 Å². The maximum absolute atomic E-state index is 4.75. The molecule has 118 heavy (non-hydrogen) atoms. The lowest BCUT2D eigenvalue weighted by Gasteiger charge is -2.21. The Morgan fingerprint density at radius 2 is 0.525 bits per heavy atom. The minimum atomic E-state index is -0.0254. The van der Waals surface area contributed by atoms with Crippen LogP contribution in [0, 0.1) is 0 Å². The zero-order valence-electron chi connectivity index (χ0n) is 65.8. The summed E-state index contributed by atoms with van der Waals surface area (Å²) in [6.45, 7) is 9.38. The molecule has 0 saturated carbocycles. The highest BCUT2D eigenvalue weighted by Gasteiger charge is 2.37. The van der Waals surface area contributed by atoms with Gasteiger partial charge in [-0.1, -0.05) is 258 Å². The first kappa shape index (κ1) is 68.6. The molecule has 24 rings (SSSR count). The minimum absolute atomic E-state index is 0.0252. The quantitative estimate of drug-likeness (QED) is 0.137. The second kappa shape index (κ2) is 26.8. The van der Waals surface area contributed by atoms with Crippen molar-refractivity contribution in [2.24, 2.45) is 0 Å². The third kappa shape index (κ3) is 10.9. The van der Waals surface area contributed by atoms with Gasteiger partial charge in [0.2, 0.25) is 0 Å². The Hall–Kier alpha value is -15.0. The van der Waals surface area contributed by atoms with E-state index in [1.807, 2.05) is 30.7 Å². The monoisotopic (exact) mass is 1510 g/mol. The second-order valence-corrected chi connectivity index (χ2v) is 32.9. The predicted octanol–water partition coefficient (Wildman–Crippen LogP) is 29.2. The first-order chi connectivity index (χ1) is 58.0. The Labute approximate surface area is 684 Å². The molecule has 0 unspecified atom stereocenters. The molecule has 556 valence electrons. The predicted molar refractivity (Wildman–Crippen MR) is 494 cm³/mol. The van der Waals surface area contributed by atoms with Crippen LogP contribution in [-0.2, 0) is 10.8 Å². The van der Waals surface area contributed by atoms with Gasteiger partial charge in [-0.15, -0.1) is 0 Å². The summed E-state index contributed by atoms with van der Waals surface area (Å²) in [5, 5.41) is 9.94. The van der Waals surface area contributed by atoms with Gasteiger partial charge in [-0.3, -0.25) is 9.97 Å². The normalized spacial score (nSPS) is 13.1. The smallest absolute Gasteiger partial charge is 0.0702 e. The zero-order valence-corrected chi connectivity index (χ0v) is 65.8. The van der Waals surface area contributed by atoms with Crippen LogP contribution < -0.4 is 0 Å². The summed E-state index contributed by atoms with van der Waals surface area (Å²) < 4.78 is 9.74. The molecule has 0 amide bonds. The molecule has 6 aromatic heterocycles. The highest BCUT2D eigenvalue weighted by molar-refractivity contribution is 6.15. The number of benzene rings is 16. The molecule has 0 atom stereocenters. The van der Waals surface area contributed by atoms with E-state index in [0.29, 0.717) is 0 Å². The molecule has 16 aromatic carbocycles. The Kier molecular flexibility index (Phi) is 15.6. The van der Waals surface area contributed by atoms with E-state index in [2.05, 4.69) is 421 Å². The molecule has 0 N–H and O–H groups in total. The molecule has 0 fully saturated rings. The van der Waals surface area contributed by atoms with Crippen molar-refractivity contribution in [3.8, 4) is 112 Å². The van der Waals surface area contributed by atoms with Crippen molar-refractivity contribution < 1.29 is 0 Å². The van der Waals surface area contributed by atoms with Crippen molar-refractivity contribution >= 4 is 87.2 Å². The molecule has 0 aliphatic heterocycles. The lowest BCUT2D eigenvalue weighted by atomic mass is 9.82. The van der Waals surface area contributed by atoms with Gasteiger partial charge in [0.05, 0.1) is 49.8 Å². The van der Waals surface area contributed by atoms with E-state index in [9.17, 15) is 0 Å².